The lowest BCUT2D eigenvalue weighted by atomic mass is 10.1. The summed E-state index contributed by atoms with van der Waals surface area (Å²) in [6.07, 6.45) is -1.99. The zero-order valence-corrected chi connectivity index (χ0v) is 15.8. The van der Waals surface area contributed by atoms with Gasteiger partial charge >= 0.3 is 0 Å². The van der Waals surface area contributed by atoms with Crippen molar-refractivity contribution >= 4 is 17.1 Å². The van der Waals surface area contributed by atoms with Crippen molar-refractivity contribution in [2.45, 2.75) is 25.9 Å². The summed E-state index contributed by atoms with van der Waals surface area (Å²) in [4.78, 5) is 16.8. The second-order valence-corrected chi connectivity index (χ2v) is 6.69. The Morgan fingerprint density at radius 2 is 2.13 bits per heavy atom. The molecule has 0 aliphatic rings. The summed E-state index contributed by atoms with van der Waals surface area (Å²) in [5.74, 6) is -0.265. The van der Waals surface area contributed by atoms with Gasteiger partial charge in [0.2, 0.25) is 11.7 Å². The summed E-state index contributed by atoms with van der Waals surface area (Å²) < 4.78 is 31.5. The maximum Gasteiger partial charge on any atom is 0.264 e. The molecule has 1 amide bonds. The minimum absolute atomic E-state index is 0.102. The van der Waals surface area contributed by atoms with Gasteiger partial charge in [0.1, 0.15) is 6.10 Å². The van der Waals surface area contributed by atoms with Gasteiger partial charge in [-0.1, -0.05) is 23.4 Å². The Labute approximate surface area is 169 Å². The largest absolute Gasteiger partial charge is 0.387 e. The highest BCUT2D eigenvalue weighted by atomic mass is 19.3. The first kappa shape index (κ1) is 19.6. The molecule has 8 nitrogen and oxygen atoms in total. The SMILES string of the molecule is Cc1ccc(-c2noc(C[C@H](O)C(F)F)n2)cc1NC(=O)c1cnn2ccccc12. The van der Waals surface area contributed by atoms with Crippen LogP contribution in [0.25, 0.3) is 16.9 Å². The zero-order valence-electron chi connectivity index (χ0n) is 15.8. The van der Waals surface area contributed by atoms with Crippen molar-refractivity contribution in [2.75, 3.05) is 5.32 Å². The van der Waals surface area contributed by atoms with E-state index >= 15 is 0 Å². The number of fused-ring (bicyclic) bond motifs is 1. The minimum atomic E-state index is -2.90. The van der Waals surface area contributed by atoms with E-state index < -0.39 is 19.0 Å². The number of aliphatic hydroxyl groups is 1. The molecule has 10 heteroatoms. The number of halogens is 2. The van der Waals surface area contributed by atoms with Crippen LogP contribution in [0.2, 0.25) is 0 Å². The van der Waals surface area contributed by atoms with E-state index in [1.165, 1.54) is 6.20 Å². The fourth-order valence-electron chi connectivity index (χ4n) is 2.92. The number of benzene rings is 1. The highest BCUT2D eigenvalue weighted by molar-refractivity contribution is 6.09. The Morgan fingerprint density at radius 3 is 2.93 bits per heavy atom. The molecule has 3 heterocycles. The normalized spacial score (nSPS) is 12.4. The number of aromatic nitrogens is 4. The van der Waals surface area contributed by atoms with Crippen molar-refractivity contribution in [3.05, 3.63) is 65.8 Å². The molecule has 0 bridgehead atoms. The molecule has 0 unspecified atom stereocenters. The number of alkyl halides is 2. The van der Waals surface area contributed by atoms with Gasteiger partial charge in [-0.25, -0.2) is 13.3 Å². The summed E-state index contributed by atoms with van der Waals surface area (Å²) in [5, 5.41) is 20.1. The van der Waals surface area contributed by atoms with Gasteiger partial charge in [-0.15, -0.1) is 0 Å². The van der Waals surface area contributed by atoms with Gasteiger partial charge in [0.25, 0.3) is 12.3 Å². The number of nitrogens with zero attached hydrogens (tertiary/aromatic N) is 4. The Kier molecular flexibility index (Phi) is 5.23. The molecule has 0 fully saturated rings. The molecule has 0 saturated carbocycles. The summed E-state index contributed by atoms with van der Waals surface area (Å²) in [6, 6.07) is 10.6. The van der Waals surface area contributed by atoms with Gasteiger partial charge in [0.05, 0.1) is 23.7 Å². The van der Waals surface area contributed by atoms with Crippen molar-refractivity contribution in [3.8, 4) is 11.4 Å². The second-order valence-electron chi connectivity index (χ2n) is 6.69. The number of aliphatic hydroxyl groups excluding tert-OH is 1. The van der Waals surface area contributed by atoms with Crippen LogP contribution < -0.4 is 5.32 Å². The maximum absolute atomic E-state index is 12.8. The number of rotatable bonds is 6. The van der Waals surface area contributed by atoms with Gasteiger partial charge in [0, 0.05) is 17.4 Å². The monoisotopic (exact) mass is 413 g/mol. The molecule has 2 N–H and O–H groups in total. The van der Waals surface area contributed by atoms with Crippen LogP contribution in [0.4, 0.5) is 14.5 Å². The van der Waals surface area contributed by atoms with E-state index in [1.54, 1.807) is 35.0 Å². The van der Waals surface area contributed by atoms with Crippen LogP contribution in [0, 0.1) is 6.92 Å². The third-order valence-electron chi connectivity index (χ3n) is 4.56. The lowest BCUT2D eigenvalue weighted by Crippen LogP contribution is -2.20. The van der Waals surface area contributed by atoms with Crippen LogP contribution in [-0.2, 0) is 6.42 Å². The predicted molar refractivity (Wildman–Crippen MR) is 103 cm³/mol. The summed E-state index contributed by atoms with van der Waals surface area (Å²) in [6.45, 7) is 1.83. The molecule has 30 heavy (non-hydrogen) atoms. The lowest BCUT2D eigenvalue weighted by Gasteiger charge is -2.09. The number of pyridine rings is 1. The van der Waals surface area contributed by atoms with Crippen molar-refractivity contribution in [2.24, 2.45) is 0 Å². The number of hydrogen-bond donors (Lipinski definition) is 2. The summed E-state index contributed by atoms with van der Waals surface area (Å²) in [7, 11) is 0. The van der Waals surface area contributed by atoms with E-state index in [0.29, 0.717) is 22.3 Å². The number of nitrogens with one attached hydrogen (secondary N) is 1. The standard InChI is InChI=1S/C20H17F2N5O3/c1-11-5-6-12(19-25-17(30-26-19)9-16(28)18(21)22)8-14(11)24-20(29)13-10-23-27-7-3-2-4-15(13)27/h2-8,10,16,18,28H,9H2,1H3,(H,24,29)/t16-/m0/s1. The van der Waals surface area contributed by atoms with E-state index in [-0.39, 0.29) is 17.6 Å². The smallest absolute Gasteiger partial charge is 0.264 e. The van der Waals surface area contributed by atoms with Crippen LogP contribution in [-0.4, -0.2) is 43.3 Å². The third kappa shape index (κ3) is 3.90. The van der Waals surface area contributed by atoms with Crippen LogP contribution in [0.3, 0.4) is 0 Å². The van der Waals surface area contributed by atoms with Crippen molar-refractivity contribution in [1.82, 2.24) is 19.8 Å². The maximum atomic E-state index is 12.8. The highest BCUT2D eigenvalue weighted by Crippen LogP contribution is 2.25. The van der Waals surface area contributed by atoms with Crippen LogP contribution in [0.15, 0.2) is 53.3 Å². The van der Waals surface area contributed by atoms with E-state index in [1.807, 2.05) is 19.1 Å². The molecule has 0 radical (unpaired) electrons. The Hall–Kier alpha value is -3.66. The molecule has 0 spiro atoms. The predicted octanol–water partition coefficient (Wildman–Crippen LogP) is 3.11. The molecule has 154 valence electrons. The first-order valence-electron chi connectivity index (χ1n) is 9.06. The molecule has 0 saturated heterocycles. The minimum Gasteiger partial charge on any atom is -0.387 e. The molecule has 1 aromatic carbocycles. The number of aryl methyl sites for hydroxylation is 1. The number of amides is 1. The van der Waals surface area contributed by atoms with Gasteiger partial charge in [-0.3, -0.25) is 4.79 Å². The Bertz CT molecular complexity index is 1200. The quantitative estimate of drug-likeness (QED) is 0.503. The number of hydrogen-bond acceptors (Lipinski definition) is 6. The molecule has 0 aliphatic carbocycles. The number of carbonyl (C=O) groups is 1. The second kappa shape index (κ2) is 7.99. The molecule has 0 aliphatic heterocycles. The van der Waals surface area contributed by atoms with Crippen LogP contribution in [0.5, 0.6) is 0 Å². The van der Waals surface area contributed by atoms with Gasteiger partial charge in [0.15, 0.2) is 0 Å². The average molecular weight is 413 g/mol. The van der Waals surface area contributed by atoms with Crippen LogP contribution in [0.1, 0.15) is 21.8 Å². The topological polar surface area (TPSA) is 106 Å². The zero-order chi connectivity index (χ0) is 21.3. The van der Waals surface area contributed by atoms with Gasteiger partial charge in [-0.05, 0) is 30.7 Å². The molecular weight excluding hydrogens is 396 g/mol. The highest BCUT2D eigenvalue weighted by Gasteiger charge is 2.21. The van der Waals surface area contributed by atoms with Crippen molar-refractivity contribution in [3.63, 3.8) is 0 Å². The molecular formula is C20H17F2N5O3. The Balaban J connectivity index is 1.57. The lowest BCUT2D eigenvalue weighted by molar-refractivity contribution is -0.00754. The first-order chi connectivity index (χ1) is 14.4. The first-order valence-corrected chi connectivity index (χ1v) is 9.06. The molecule has 3 aromatic heterocycles. The van der Waals surface area contributed by atoms with Gasteiger partial charge < -0.3 is 14.9 Å². The van der Waals surface area contributed by atoms with E-state index in [4.69, 9.17) is 4.52 Å². The number of carbonyl (C=O) groups excluding carboxylic acids is 1. The third-order valence-corrected chi connectivity index (χ3v) is 4.56. The molecule has 1 atom stereocenters. The van der Waals surface area contributed by atoms with E-state index in [0.717, 1.165) is 5.56 Å². The summed E-state index contributed by atoms with van der Waals surface area (Å²) in [5.41, 5.74) is 2.96. The van der Waals surface area contributed by atoms with Crippen LogP contribution >= 0.6 is 0 Å². The molecule has 4 rings (SSSR count). The van der Waals surface area contributed by atoms with Crippen molar-refractivity contribution in [1.29, 1.82) is 0 Å². The average Bonchev–Trinajstić information content (AvgIpc) is 3.36. The Morgan fingerprint density at radius 1 is 1.30 bits per heavy atom. The summed E-state index contributed by atoms with van der Waals surface area (Å²) >= 11 is 0. The van der Waals surface area contributed by atoms with E-state index in [9.17, 15) is 18.7 Å². The van der Waals surface area contributed by atoms with Gasteiger partial charge in [-0.2, -0.15) is 10.1 Å². The number of anilines is 1. The fourth-order valence-corrected chi connectivity index (χ4v) is 2.92. The van der Waals surface area contributed by atoms with E-state index in [2.05, 4.69) is 20.6 Å². The molecule has 4 aromatic rings. The fraction of sp³-hybridized carbons (Fsp3) is 0.200. The van der Waals surface area contributed by atoms with Crippen molar-refractivity contribution < 1.29 is 23.2 Å².